The van der Waals surface area contributed by atoms with Crippen LogP contribution in [0.4, 0.5) is 0 Å². The van der Waals surface area contributed by atoms with E-state index in [1.54, 1.807) is 42.0 Å². The van der Waals surface area contributed by atoms with Gasteiger partial charge in [-0.1, -0.05) is 6.07 Å². The van der Waals surface area contributed by atoms with Crippen LogP contribution in [0, 0.1) is 13.8 Å². The number of carbonyl (C=O) groups is 2. The van der Waals surface area contributed by atoms with Crippen LogP contribution in [0.5, 0.6) is 0 Å². The van der Waals surface area contributed by atoms with Crippen molar-refractivity contribution in [3.8, 4) is 0 Å². The predicted molar refractivity (Wildman–Crippen MR) is 113 cm³/mol. The number of carbonyl (C=O) groups excluding carboxylic acids is 2. The van der Waals surface area contributed by atoms with Crippen molar-refractivity contribution in [2.45, 2.75) is 19.9 Å². The zero-order valence-electron chi connectivity index (χ0n) is 18.0. The van der Waals surface area contributed by atoms with E-state index in [0.717, 1.165) is 18.8 Å². The van der Waals surface area contributed by atoms with Gasteiger partial charge in [-0.15, -0.1) is 0 Å². The molecule has 164 valence electrons. The summed E-state index contributed by atoms with van der Waals surface area (Å²) in [5.74, 6) is -1.48. The van der Waals surface area contributed by atoms with E-state index in [2.05, 4.69) is 15.0 Å². The van der Waals surface area contributed by atoms with Gasteiger partial charge in [0, 0.05) is 51.3 Å². The van der Waals surface area contributed by atoms with Crippen molar-refractivity contribution in [3.63, 3.8) is 0 Å². The Morgan fingerprint density at radius 1 is 1.23 bits per heavy atom. The third-order valence-corrected chi connectivity index (χ3v) is 6.05. The average Bonchev–Trinajstić information content (AvgIpc) is 3.18. The van der Waals surface area contributed by atoms with Gasteiger partial charge < -0.3 is 14.7 Å². The molecule has 9 nitrogen and oxygen atoms in total. The third kappa shape index (κ3) is 3.86. The molecule has 2 aromatic rings. The molecule has 2 aliphatic heterocycles. The molecule has 31 heavy (non-hydrogen) atoms. The lowest BCUT2D eigenvalue weighted by Crippen LogP contribution is -2.42. The SMILES string of the molecule is Cc1nn(C)c(C)c1C(O)=C1C(=O)C(=O)N(CCN2CCOCC2)C1c1cccnc1. The van der Waals surface area contributed by atoms with Gasteiger partial charge in [0.05, 0.1) is 36.1 Å². The average molecular weight is 425 g/mol. The molecule has 0 aromatic carbocycles. The number of rotatable bonds is 5. The number of aliphatic hydroxyl groups is 1. The third-order valence-electron chi connectivity index (χ3n) is 6.05. The van der Waals surface area contributed by atoms with Crippen molar-refractivity contribution in [3.05, 3.63) is 52.6 Å². The minimum absolute atomic E-state index is 0.0826. The standard InChI is InChI=1S/C22H27N5O4/c1-14-17(15(2)25(3)24-14)20(28)18-19(16-5-4-6-23-13-16)27(22(30)21(18)29)8-7-26-9-11-31-12-10-26/h4-6,13,19,28H,7-12H2,1-3H3. The van der Waals surface area contributed by atoms with Crippen LogP contribution in [-0.4, -0.2) is 80.8 Å². The molecule has 0 aliphatic carbocycles. The van der Waals surface area contributed by atoms with Gasteiger partial charge in [-0.3, -0.25) is 24.2 Å². The Hall–Kier alpha value is -3.04. The van der Waals surface area contributed by atoms with Crippen LogP contribution in [0.2, 0.25) is 0 Å². The fourth-order valence-electron chi connectivity index (χ4n) is 4.32. The Labute approximate surface area is 180 Å². The number of aromatic nitrogens is 3. The molecule has 2 aliphatic rings. The maximum atomic E-state index is 13.1. The molecule has 1 amide bonds. The number of ether oxygens (including phenoxy) is 1. The molecule has 2 saturated heterocycles. The molecular formula is C22H27N5O4. The summed E-state index contributed by atoms with van der Waals surface area (Å²) in [6, 6.07) is 2.88. The highest BCUT2D eigenvalue weighted by Gasteiger charge is 2.46. The number of amides is 1. The fourth-order valence-corrected chi connectivity index (χ4v) is 4.32. The number of morpholine rings is 1. The second kappa shape index (κ2) is 8.60. The number of aliphatic hydroxyl groups excluding tert-OH is 1. The molecule has 0 saturated carbocycles. The first-order valence-corrected chi connectivity index (χ1v) is 10.4. The molecular weight excluding hydrogens is 398 g/mol. The lowest BCUT2D eigenvalue weighted by molar-refractivity contribution is -0.140. The summed E-state index contributed by atoms with van der Waals surface area (Å²) in [5, 5.41) is 15.6. The van der Waals surface area contributed by atoms with Gasteiger partial charge in [-0.25, -0.2) is 0 Å². The van der Waals surface area contributed by atoms with E-state index >= 15 is 0 Å². The van der Waals surface area contributed by atoms with Crippen LogP contribution in [0.3, 0.4) is 0 Å². The van der Waals surface area contributed by atoms with Gasteiger partial charge in [0.1, 0.15) is 5.76 Å². The van der Waals surface area contributed by atoms with E-state index in [4.69, 9.17) is 4.74 Å². The van der Waals surface area contributed by atoms with Gasteiger partial charge in [0.2, 0.25) is 0 Å². The van der Waals surface area contributed by atoms with Gasteiger partial charge in [-0.05, 0) is 25.5 Å². The molecule has 9 heteroatoms. The fraction of sp³-hybridized carbons (Fsp3) is 0.455. The maximum absolute atomic E-state index is 13.1. The summed E-state index contributed by atoms with van der Waals surface area (Å²) in [7, 11) is 1.78. The molecule has 2 aromatic heterocycles. The molecule has 4 rings (SSSR count). The molecule has 2 fully saturated rings. The van der Waals surface area contributed by atoms with E-state index < -0.39 is 17.7 Å². The van der Waals surface area contributed by atoms with Crippen LogP contribution < -0.4 is 0 Å². The van der Waals surface area contributed by atoms with Crippen molar-refractivity contribution in [1.82, 2.24) is 24.6 Å². The Morgan fingerprint density at radius 3 is 2.58 bits per heavy atom. The molecule has 1 atom stereocenters. The van der Waals surface area contributed by atoms with Crippen LogP contribution in [0.15, 0.2) is 30.1 Å². The summed E-state index contributed by atoms with van der Waals surface area (Å²) in [6.07, 6.45) is 3.27. The van der Waals surface area contributed by atoms with Crippen LogP contribution in [0.1, 0.15) is 28.6 Å². The summed E-state index contributed by atoms with van der Waals surface area (Å²) in [5.41, 5.74) is 2.58. The maximum Gasteiger partial charge on any atom is 0.295 e. The van der Waals surface area contributed by atoms with E-state index in [1.807, 2.05) is 13.0 Å². The number of likely N-dealkylation sites (tertiary alicyclic amines) is 1. The van der Waals surface area contributed by atoms with Gasteiger partial charge in [-0.2, -0.15) is 5.10 Å². The van der Waals surface area contributed by atoms with Crippen LogP contribution >= 0.6 is 0 Å². The van der Waals surface area contributed by atoms with E-state index in [1.165, 1.54) is 0 Å². The van der Waals surface area contributed by atoms with Crippen molar-refractivity contribution >= 4 is 17.4 Å². The highest BCUT2D eigenvalue weighted by atomic mass is 16.5. The molecule has 0 radical (unpaired) electrons. The molecule has 1 unspecified atom stereocenters. The summed E-state index contributed by atoms with van der Waals surface area (Å²) < 4.78 is 7.04. The monoisotopic (exact) mass is 425 g/mol. The van der Waals surface area contributed by atoms with Crippen LogP contribution in [0.25, 0.3) is 5.76 Å². The van der Waals surface area contributed by atoms with Crippen molar-refractivity contribution in [2.24, 2.45) is 7.05 Å². The smallest absolute Gasteiger partial charge is 0.295 e. The summed E-state index contributed by atoms with van der Waals surface area (Å²) in [4.78, 5) is 34.1. The minimum atomic E-state index is -0.700. The molecule has 4 heterocycles. The summed E-state index contributed by atoms with van der Waals surface area (Å²) in [6.45, 7) is 7.47. The second-order valence-electron chi connectivity index (χ2n) is 7.90. The molecule has 0 spiro atoms. The number of Topliss-reactive ketones (excluding diaryl/α,β-unsaturated/α-hetero) is 1. The first-order valence-electron chi connectivity index (χ1n) is 10.4. The van der Waals surface area contributed by atoms with E-state index in [0.29, 0.717) is 43.1 Å². The van der Waals surface area contributed by atoms with E-state index in [9.17, 15) is 14.7 Å². The zero-order valence-corrected chi connectivity index (χ0v) is 18.0. The topological polar surface area (TPSA) is 101 Å². The quantitative estimate of drug-likeness (QED) is 0.436. The highest BCUT2D eigenvalue weighted by Crippen LogP contribution is 2.39. The normalized spacial score (nSPS) is 21.8. The number of nitrogens with zero attached hydrogens (tertiary/aromatic N) is 5. The lowest BCUT2D eigenvalue weighted by atomic mass is 9.95. The molecule has 0 bridgehead atoms. The van der Waals surface area contributed by atoms with Crippen molar-refractivity contribution < 1.29 is 19.4 Å². The lowest BCUT2D eigenvalue weighted by Gasteiger charge is -2.30. The number of aryl methyl sites for hydroxylation is 2. The van der Waals surface area contributed by atoms with E-state index in [-0.39, 0.29) is 11.3 Å². The number of hydrogen-bond donors (Lipinski definition) is 1. The molecule has 1 N–H and O–H groups in total. The van der Waals surface area contributed by atoms with Crippen molar-refractivity contribution in [1.29, 1.82) is 0 Å². The second-order valence-corrected chi connectivity index (χ2v) is 7.90. The summed E-state index contributed by atoms with van der Waals surface area (Å²) >= 11 is 0. The van der Waals surface area contributed by atoms with Gasteiger partial charge in [0.15, 0.2) is 0 Å². The largest absolute Gasteiger partial charge is 0.507 e. The predicted octanol–water partition coefficient (Wildman–Crippen LogP) is 1.19. The Morgan fingerprint density at radius 2 is 1.97 bits per heavy atom. The Balaban J connectivity index is 1.76. The zero-order chi connectivity index (χ0) is 22.1. The number of hydrogen-bond acceptors (Lipinski definition) is 7. The first-order chi connectivity index (χ1) is 14.9. The Kier molecular flexibility index (Phi) is 5.88. The number of pyridine rings is 1. The van der Waals surface area contributed by atoms with Crippen LogP contribution in [-0.2, 0) is 21.4 Å². The number of ketones is 1. The Bertz CT molecular complexity index is 1020. The first kappa shape index (κ1) is 21.2. The highest BCUT2D eigenvalue weighted by molar-refractivity contribution is 6.46. The minimum Gasteiger partial charge on any atom is -0.507 e. The van der Waals surface area contributed by atoms with Gasteiger partial charge >= 0.3 is 0 Å². The van der Waals surface area contributed by atoms with Crippen molar-refractivity contribution in [2.75, 3.05) is 39.4 Å². The van der Waals surface area contributed by atoms with Gasteiger partial charge in [0.25, 0.3) is 11.7 Å².